The van der Waals surface area contributed by atoms with Gasteiger partial charge in [0.25, 0.3) is 0 Å². The van der Waals surface area contributed by atoms with Gasteiger partial charge in [0.1, 0.15) is 11.3 Å². The Hall–Kier alpha value is -3.21. The van der Waals surface area contributed by atoms with Gasteiger partial charge in [-0.1, -0.05) is 30.4 Å². The number of hydrogen-bond acceptors (Lipinski definition) is 5. The predicted octanol–water partition coefficient (Wildman–Crippen LogP) is 4.03. The zero-order valence-corrected chi connectivity index (χ0v) is 13.8. The van der Waals surface area contributed by atoms with Crippen molar-refractivity contribution in [2.24, 2.45) is 4.99 Å². The number of hydrogen-bond donors (Lipinski definition) is 0. The second kappa shape index (κ2) is 6.73. The third-order valence-corrected chi connectivity index (χ3v) is 4.00. The van der Waals surface area contributed by atoms with Gasteiger partial charge < -0.3 is 9.15 Å². The lowest BCUT2D eigenvalue weighted by molar-refractivity contribution is 0.305. The Bertz CT molecular complexity index is 954. The van der Waals surface area contributed by atoms with E-state index in [2.05, 4.69) is 21.0 Å². The van der Waals surface area contributed by atoms with Crippen LogP contribution in [-0.2, 0) is 4.74 Å². The first kappa shape index (κ1) is 15.3. The molecule has 0 amide bonds. The summed E-state index contributed by atoms with van der Waals surface area (Å²) in [7, 11) is 1.66. The molecule has 124 valence electrons. The number of pyridine rings is 1. The van der Waals surface area contributed by atoms with Crippen molar-refractivity contribution in [1.82, 2.24) is 9.97 Å². The fraction of sp³-hybridized carbons (Fsp3) is 0.150. The van der Waals surface area contributed by atoms with Crippen LogP contribution >= 0.6 is 0 Å². The van der Waals surface area contributed by atoms with Crippen LogP contribution in [0.2, 0.25) is 0 Å². The number of allylic oxidation sites excluding steroid dienone is 8. The van der Waals surface area contributed by atoms with Crippen molar-refractivity contribution < 1.29 is 9.15 Å². The van der Waals surface area contributed by atoms with Crippen LogP contribution in [-0.4, -0.2) is 29.3 Å². The van der Waals surface area contributed by atoms with Crippen LogP contribution in [0.5, 0.6) is 0 Å². The summed E-state index contributed by atoms with van der Waals surface area (Å²) in [6, 6.07) is 3.73. The van der Waals surface area contributed by atoms with Crippen molar-refractivity contribution >= 4 is 22.5 Å². The number of nitrogens with zero attached hydrogens (tertiary/aromatic N) is 3. The van der Waals surface area contributed by atoms with E-state index >= 15 is 0 Å². The smallest absolute Gasteiger partial charge is 0.247 e. The number of oxazole rings is 1. The molecule has 0 aromatic carbocycles. The molecule has 0 spiro atoms. The molecule has 0 N–H and O–H groups in total. The van der Waals surface area contributed by atoms with Crippen molar-refractivity contribution in [3.05, 3.63) is 78.1 Å². The van der Waals surface area contributed by atoms with E-state index in [1.807, 2.05) is 48.6 Å². The summed E-state index contributed by atoms with van der Waals surface area (Å²) in [5, 5.41) is 0. The van der Waals surface area contributed by atoms with E-state index < -0.39 is 0 Å². The Balaban J connectivity index is 1.78. The lowest BCUT2D eigenvalue weighted by Gasteiger charge is -2.08. The van der Waals surface area contributed by atoms with E-state index in [1.165, 1.54) is 0 Å². The molecular formula is C20H17N3O2. The van der Waals surface area contributed by atoms with Gasteiger partial charge in [0.15, 0.2) is 0 Å². The van der Waals surface area contributed by atoms with Crippen LogP contribution in [0.4, 0.5) is 0 Å². The maximum Gasteiger partial charge on any atom is 0.247 e. The molecule has 0 bridgehead atoms. The van der Waals surface area contributed by atoms with Crippen molar-refractivity contribution in [2.45, 2.75) is 6.42 Å². The minimum atomic E-state index is 0.539. The molecule has 3 heterocycles. The number of aromatic nitrogens is 2. The average molecular weight is 331 g/mol. The zero-order chi connectivity index (χ0) is 17.1. The van der Waals surface area contributed by atoms with Gasteiger partial charge in [-0.05, 0) is 30.7 Å². The minimum Gasteiger partial charge on any atom is -0.496 e. The van der Waals surface area contributed by atoms with Gasteiger partial charge in [0.2, 0.25) is 11.6 Å². The molecule has 0 atom stereocenters. The molecule has 25 heavy (non-hydrogen) atoms. The van der Waals surface area contributed by atoms with Crippen LogP contribution in [0, 0.1) is 0 Å². The van der Waals surface area contributed by atoms with Gasteiger partial charge in [-0.2, -0.15) is 0 Å². The summed E-state index contributed by atoms with van der Waals surface area (Å²) in [4.78, 5) is 13.3. The van der Waals surface area contributed by atoms with E-state index in [9.17, 15) is 0 Å². The van der Waals surface area contributed by atoms with Gasteiger partial charge >= 0.3 is 0 Å². The van der Waals surface area contributed by atoms with Crippen molar-refractivity contribution in [3.8, 4) is 0 Å². The summed E-state index contributed by atoms with van der Waals surface area (Å²) >= 11 is 0. The van der Waals surface area contributed by atoms with Gasteiger partial charge in [-0.3, -0.25) is 4.99 Å². The summed E-state index contributed by atoms with van der Waals surface area (Å²) < 4.78 is 11.4. The molecule has 0 fully saturated rings. The molecular weight excluding hydrogens is 314 g/mol. The first-order valence-electron chi connectivity index (χ1n) is 8.10. The molecule has 2 aromatic heterocycles. The highest BCUT2D eigenvalue weighted by Crippen LogP contribution is 2.28. The molecule has 0 saturated carbocycles. The molecule has 4 rings (SSSR count). The molecule has 0 unspecified atom stereocenters. The number of rotatable bonds is 3. The molecule has 2 aliphatic rings. The van der Waals surface area contributed by atoms with Crippen LogP contribution in [0.15, 0.2) is 81.6 Å². The fourth-order valence-corrected chi connectivity index (χ4v) is 2.78. The predicted molar refractivity (Wildman–Crippen MR) is 98.2 cm³/mol. The Morgan fingerprint density at radius 2 is 2.12 bits per heavy atom. The first-order valence-corrected chi connectivity index (χ1v) is 8.10. The normalized spacial score (nSPS) is 17.3. The molecule has 2 aromatic rings. The quantitative estimate of drug-likeness (QED) is 0.852. The molecule has 1 aliphatic heterocycles. The second-order valence-electron chi connectivity index (χ2n) is 5.62. The summed E-state index contributed by atoms with van der Waals surface area (Å²) in [5.41, 5.74) is 4.08. The Morgan fingerprint density at radius 3 is 3.00 bits per heavy atom. The van der Waals surface area contributed by atoms with E-state index in [0.29, 0.717) is 24.6 Å². The molecule has 1 aliphatic carbocycles. The van der Waals surface area contributed by atoms with Gasteiger partial charge in [0, 0.05) is 17.3 Å². The van der Waals surface area contributed by atoms with E-state index in [1.54, 1.807) is 13.3 Å². The summed E-state index contributed by atoms with van der Waals surface area (Å²) in [5.74, 6) is 1.30. The van der Waals surface area contributed by atoms with Crippen molar-refractivity contribution in [1.29, 1.82) is 0 Å². The van der Waals surface area contributed by atoms with E-state index in [0.717, 1.165) is 28.1 Å². The Labute approximate surface area is 145 Å². The van der Waals surface area contributed by atoms with Crippen molar-refractivity contribution in [3.63, 3.8) is 0 Å². The molecule has 5 heteroatoms. The topological polar surface area (TPSA) is 60.5 Å². The number of methoxy groups -OCH3 is 1. The maximum atomic E-state index is 5.80. The number of aliphatic imine (C=N–C) groups is 1. The SMILES string of the molecule is COC1=C(C2=NCC=CC=C2)C=CCC(c2nc3cccnc3o2)=C1. The third kappa shape index (κ3) is 3.08. The molecule has 5 nitrogen and oxygen atoms in total. The van der Waals surface area contributed by atoms with Gasteiger partial charge in [-0.15, -0.1) is 0 Å². The fourth-order valence-electron chi connectivity index (χ4n) is 2.78. The average Bonchev–Trinajstić information content (AvgIpc) is 2.79. The third-order valence-electron chi connectivity index (χ3n) is 4.00. The summed E-state index contributed by atoms with van der Waals surface area (Å²) in [6.07, 6.45) is 16.5. The monoisotopic (exact) mass is 331 g/mol. The highest BCUT2D eigenvalue weighted by Gasteiger charge is 2.17. The van der Waals surface area contributed by atoms with Gasteiger partial charge in [-0.25, -0.2) is 9.97 Å². The molecule has 0 radical (unpaired) electrons. The lowest BCUT2D eigenvalue weighted by atomic mass is 10.1. The van der Waals surface area contributed by atoms with Crippen LogP contribution in [0.3, 0.4) is 0 Å². The lowest BCUT2D eigenvalue weighted by Crippen LogP contribution is -2.02. The van der Waals surface area contributed by atoms with Crippen LogP contribution < -0.4 is 0 Å². The standard InChI is InChI=1S/C20H17N3O2/c1-24-18-13-14(19-23-17-10-6-12-22-20(17)25-19)7-5-8-15(18)16-9-3-2-4-11-21-16/h2-6,8-10,12-13H,7,11H2,1H3. The Kier molecular flexibility index (Phi) is 4.12. The maximum absolute atomic E-state index is 5.80. The van der Waals surface area contributed by atoms with E-state index in [-0.39, 0.29) is 0 Å². The van der Waals surface area contributed by atoms with Crippen LogP contribution in [0.1, 0.15) is 12.3 Å². The highest BCUT2D eigenvalue weighted by molar-refractivity contribution is 6.11. The van der Waals surface area contributed by atoms with E-state index in [4.69, 9.17) is 9.15 Å². The number of fused-ring (bicyclic) bond motifs is 1. The Morgan fingerprint density at radius 1 is 1.16 bits per heavy atom. The number of ether oxygens (including phenoxy) is 1. The minimum absolute atomic E-state index is 0.539. The summed E-state index contributed by atoms with van der Waals surface area (Å²) in [6.45, 7) is 0.657. The molecule has 0 saturated heterocycles. The van der Waals surface area contributed by atoms with Crippen LogP contribution in [0.25, 0.3) is 16.8 Å². The highest BCUT2D eigenvalue weighted by atomic mass is 16.5. The second-order valence-corrected chi connectivity index (χ2v) is 5.62. The van der Waals surface area contributed by atoms with Crippen molar-refractivity contribution in [2.75, 3.05) is 13.7 Å². The first-order chi connectivity index (χ1) is 12.3. The van der Waals surface area contributed by atoms with Gasteiger partial charge in [0.05, 0.1) is 19.4 Å². The zero-order valence-electron chi connectivity index (χ0n) is 13.8. The largest absolute Gasteiger partial charge is 0.496 e.